The minimum Gasteiger partial charge on any atom is -0.356 e. The molecule has 0 heterocycles. The molecule has 0 aliphatic rings. The van der Waals surface area contributed by atoms with Crippen LogP contribution in [0.25, 0.3) is 0 Å². The molecular weight excluding hydrogens is 322 g/mol. The molecule has 0 saturated heterocycles. The molecule has 0 bridgehead atoms. The number of benzene rings is 1. The van der Waals surface area contributed by atoms with E-state index in [-0.39, 0.29) is 18.4 Å². The first kappa shape index (κ1) is 16.7. The maximum atomic E-state index is 11.6. The van der Waals surface area contributed by atoms with Crippen molar-refractivity contribution in [1.29, 1.82) is 0 Å². The van der Waals surface area contributed by atoms with Gasteiger partial charge in [-0.3, -0.25) is 9.59 Å². The number of hydrogen-bond acceptors (Lipinski definition) is 3. The van der Waals surface area contributed by atoms with E-state index < -0.39 is 0 Å². The van der Waals surface area contributed by atoms with Crippen LogP contribution >= 0.6 is 15.9 Å². The van der Waals surface area contributed by atoms with Crippen LogP contribution in [0.3, 0.4) is 0 Å². The Morgan fingerprint density at radius 3 is 2.45 bits per heavy atom. The molecule has 1 aromatic rings. The van der Waals surface area contributed by atoms with E-state index in [4.69, 9.17) is 0 Å². The molecule has 0 fully saturated rings. The largest absolute Gasteiger partial charge is 0.356 e. The van der Waals surface area contributed by atoms with E-state index in [1.165, 1.54) is 0 Å². The van der Waals surface area contributed by atoms with E-state index in [9.17, 15) is 9.59 Å². The first-order chi connectivity index (χ1) is 9.61. The Hall–Kier alpha value is -1.40. The summed E-state index contributed by atoms with van der Waals surface area (Å²) in [5, 5.41) is 8.49. The molecular formula is C14H20BrN3O2. The molecule has 0 atom stereocenters. The maximum absolute atomic E-state index is 11.6. The predicted octanol–water partition coefficient (Wildman–Crippen LogP) is 1.89. The van der Waals surface area contributed by atoms with Gasteiger partial charge in [-0.05, 0) is 30.7 Å². The second kappa shape index (κ2) is 9.50. The lowest BCUT2D eigenvalue weighted by Crippen LogP contribution is -2.32. The van der Waals surface area contributed by atoms with Crippen LogP contribution in [0, 0.1) is 0 Å². The van der Waals surface area contributed by atoms with Crippen LogP contribution in [0.1, 0.15) is 19.8 Å². The molecule has 0 aliphatic carbocycles. The third kappa shape index (κ3) is 7.25. The number of carbonyl (C=O) groups is 2. The van der Waals surface area contributed by atoms with Crippen molar-refractivity contribution < 1.29 is 9.59 Å². The van der Waals surface area contributed by atoms with Crippen molar-refractivity contribution in [1.82, 2.24) is 10.6 Å². The monoisotopic (exact) mass is 341 g/mol. The molecule has 0 aliphatic heterocycles. The van der Waals surface area contributed by atoms with Gasteiger partial charge in [0.15, 0.2) is 0 Å². The summed E-state index contributed by atoms with van der Waals surface area (Å²) in [7, 11) is 0. The molecule has 6 heteroatoms. The molecule has 0 aromatic heterocycles. The predicted molar refractivity (Wildman–Crippen MR) is 83.6 cm³/mol. The third-order valence-electron chi connectivity index (χ3n) is 2.51. The summed E-state index contributed by atoms with van der Waals surface area (Å²) in [6.07, 6.45) is 1.31. The number of amides is 2. The van der Waals surface area contributed by atoms with Crippen molar-refractivity contribution in [2.24, 2.45) is 0 Å². The molecule has 0 spiro atoms. The number of hydrogen-bond donors (Lipinski definition) is 3. The lowest BCUT2D eigenvalue weighted by molar-refractivity contribution is -0.121. The Labute approximate surface area is 127 Å². The van der Waals surface area contributed by atoms with Gasteiger partial charge in [-0.15, -0.1) is 0 Å². The zero-order valence-electron chi connectivity index (χ0n) is 11.5. The van der Waals surface area contributed by atoms with Crippen LogP contribution < -0.4 is 16.0 Å². The molecule has 2 amide bonds. The first-order valence-electron chi connectivity index (χ1n) is 6.64. The van der Waals surface area contributed by atoms with Crippen LogP contribution in [-0.2, 0) is 9.59 Å². The molecule has 3 N–H and O–H groups in total. The molecule has 5 nitrogen and oxygen atoms in total. The Morgan fingerprint density at radius 2 is 1.80 bits per heavy atom. The van der Waals surface area contributed by atoms with Crippen molar-refractivity contribution in [3.63, 3.8) is 0 Å². The number of rotatable bonds is 8. The highest BCUT2D eigenvalue weighted by Gasteiger charge is 2.03. The van der Waals surface area contributed by atoms with Gasteiger partial charge in [0.05, 0.1) is 6.54 Å². The van der Waals surface area contributed by atoms with Crippen LogP contribution in [0.2, 0.25) is 0 Å². The number of halogens is 1. The highest BCUT2D eigenvalue weighted by molar-refractivity contribution is 9.10. The summed E-state index contributed by atoms with van der Waals surface area (Å²) in [4.78, 5) is 22.9. The molecule has 20 heavy (non-hydrogen) atoms. The summed E-state index contributed by atoms with van der Waals surface area (Å²) in [5.41, 5.74) is 0.751. The van der Waals surface area contributed by atoms with Gasteiger partial charge in [0, 0.05) is 29.7 Å². The van der Waals surface area contributed by atoms with Crippen LogP contribution in [0.15, 0.2) is 28.7 Å². The van der Waals surface area contributed by atoms with E-state index in [1.54, 1.807) is 0 Å². The maximum Gasteiger partial charge on any atom is 0.238 e. The molecule has 1 aromatic carbocycles. The standard InChI is InChI=1S/C14H20BrN3O2/c1-2-8-17-13(19)7-9-16-10-14(20)18-12-5-3-11(15)4-6-12/h3-6,16H,2,7-10H2,1H3,(H,17,19)(H,18,20). The van der Waals surface area contributed by atoms with Gasteiger partial charge in [-0.25, -0.2) is 0 Å². The Bertz CT molecular complexity index is 435. The van der Waals surface area contributed by atoms with Crippen LogP contribution in [0.4, 0.5) is 5.69 Å². The van der Waals surface area contributed by atoms with E-state index in [1.807, 2.05) is 31.2 Å². The second-order valence-electron chi connectivity index (χ2n) is 4.33. The molecule has 0 radical (unpaired) electrons. The van der Waals surface area contributed by atoms with Gasteiger partial charge in [-0.2, -0.15) is 0 Å². The Kier molecular flexibility index (Phi) is 7.91. The minimum absolute atomic E-state index is 0.00710. The van der Waals surface area contributed by atoms with Crippen molar-refractivity contribution in [3.8, 4) is 0 Å². The van der Waals surface area contributed by atoms with E-state index in [0.29, 0.717) is 19.5 Å². The Balaban J connectivity index is 2.14. The highest BCUT2D eigenvalue weighted by Crippen LogP contribution is 2.13. The average molecular weight is 342 g/mol. The summed E-state index contributed by atoms with van der Waals surface area (Å²) in [5.74, 6) is -0.117. The van der Waals surface area contributed by atoms with Gasteiger partial charge >= 0.3 is 0 Å². The van der Waals surface area contributed by atoms with Gasteiger partial charge < -0.3 is 16.0 Å². The lowest BCUT2D eigenvalue weighted by Gasteiger charge is -2.07. The van der Waals surface area contributed by atoms with Crippen molar-refractivity contribution >= 4 is 33.4 Å². The van der Waals surface area contributed by atoms with E-state index in [2.05, 4.69) is 31.9 Å². The summed E-state index contributed by atoms with van der Waals surface area (Å²) in [6.45, 7) is 3.38. The Morgan fingerprint density at radius 1 is 1.10 bits per heavy atom. The van der Waals surface area contributed by atoms with E-state index >= 15 is 0 Å². The summed E-state index contributed by atoms with van der Waals surface area (Å²) >= 11 is 3.33. The van der Waals surface area contributed by atoms with Gasteiger partial charge in [0.25, 0.3) is 0 Å². The smallest absolute Gasteiger partial charge is 0.238 e. The SMILES string of the molecule is CCCNC(=O)CCNCC(=O)Nc1ccc(Br)cc1. The van der Waals surface area contributed by atoms with Crippen molar-refractivity contribution in [3.05, 3.63) is 28.7 Å². The minimum atomic E-state index is -0.124. The third-order valence-corrected chi connectivity index (χ3v) is 3.04. The van der Waals surface area contributed by atoms with Crippen molar-refractivity contribution in [2.75, 3.05) is 25.0 Å². The normalized spacial score (nSPS) is 10.1. The molecule has 1 rings (SSSR count). The van der Waals surface area contributed by atoms with Gasteiger partial charge in [0.2, 0.25) is 11.8 Å². The molecule has 110 valence electrons. The fraction of sp³-hybridized carbons (Fsp3) is 0.429. The summed E-state index contributed by atoms with van der Waals surface area (Å²) < 4.78 is 0.965. The average Bonchev–Trinajstić information content (AvgIpc) is 2.44. The lowest BCUT2D eigenvalue weighted by atomic mass is 10.3. The zero-order valence-corrected chi connectivity index (χ0v) is 13.1. The molecule has 0 unspecified atom stereocenters. The summed E-state index contributed by atoms with van der Waals surface area (Å²) in [6, 6.07) is 7.36. The van der Waals surface area contributed by atoms with Crippen LogP contribution in [0.5, 0.6) is 0 Å². The highest BCUT2D eigenvalue weighted by atomic mass is 79.9. The topological polar surface area (TPSA) is 70.2 Å². The zero-order chi connectivity index (χ0) is 14.8. The number of carbonyl (C=O) groups excluding carboxylic acids is 2. The van der Waals surface area contributed by atoms with E-state index in [0.717, 1.165) is 16.6 Å². The molecule has 0 saturated carbocycles. The number of nitrogens with one attached hydrogen (secondary N) is 3. The fourth-order valence-electron chi connectivity index (χ4n) is 1.50. The fourth-order valence-corrected chi connectivity index (χ4v) is 1.76. The second-order valence-corrected chi connectivity index (χ2v) is 5.25. The van der Waals surface area contributed by atoms with Crippen molar-refractivity contribution in [2.45, 2.75) is 19.8 Å². The first-order valence-corrected chi connectivity index (χ1v) is 7.44. The van der Waals surface area contributed by atoms with Gasteiger partial charge in [-0.1, -0.05) is 22.9 Å². The number of anilines is 1. The van der Waals surface area contributed by atoms with Crippen LogP contribution in [-0.4, -0.2) is 31.4 Å². The quantitative estimate of drug-likeness (QED) is 0.632. The van der Waals surface area contributed by atoms with Gasteiger partial charge in [0.1, 0.15) is 0 Å².